The van der Waals surface area contributed by atoms with Crippen LogP contribution in [0.1, 0.15) is 29.5 Å². The third-order valence-electron chi connectivity index (χ3n) is 4.52. The Morgan fingerprint density at radius 2 is 1.72 bits per heavy atom. The molecular weight excluding hydrogens is 356 g/mol. The summed E-state index contributed by atoms with van der Waals surface area (Å²) in [7, 11) is -3.52. The van der Waals surface area contributed by atoms with Crippen molar-refractivity contribution in [2.75, 3.05) is 13.1 Å². The van der Waals surface area contributed by atoms with Crippen LogP contribution in [0, 0.1) is 0 Å². The van der Waals surface area contributed by atoms with Gasteiger partial charge in [-0.15, -0.1) is 12.4 Å². The number of nitrogens with zero attached hydrogens (tertiary/aromatic N) is 1. The van der Waals surface area contributed by atoms with Crippen LogP contribution in [0.25, 0.3) is 0 Å². The normalized spacial score (nSPS) is 13.5. The fourth-order valence-electron chi connectivity index (χ4n) is 3.20. The van der Waals surface area contributed by atoms with E-state index in [0.717, 1.165) is 24.8 Å². The van der Waals surface area contributed by atoms with Crippen molar-refractivity contribution in [3.05, 3.63) is 65.2 Å². The van der Waals surface area contributed by atoms with Crippen molar-refractivity contribution in [2.24, 2.45) is 5.73 Å². The first-order valence-corrected chi connectivity index (χ1v) is 9.91. The molecule has 2 aromatic carbocycles. The minimum Gasteiger partial charge on any atom is -0.330 e. The zero-order valence-electron chi connectivity index (χ0n) is 14.2. The monoisotopic (exact) mass is 380 g/mol. The minimum atomic E-state index is -3.52. The molecule has 0 saturated carbocycles. The van der Waals surface area contributed by atoms with Gasteiger partial charge >= 0.3 is 0 Å². The third-order valence-corrected chi connectivity index (χ3v) is 6.36. The number of sulfonamides is 1. The van der Waals surface area contributed by atoms with Gasteiger partial charge in [0.25, 0.3) is 0 Å². The highest BCUT2D eigenvalue weighted by molar-refractivity contribution is 7.89. The lowest BCUT2D eigenvalue weighted by molar-refractivity contribution is 0.401. The van der Waals surface area contributed by atoms with E-state index in [9.17, 15) is 8.42 Å². The number of aryl methyl sites for hydroxylation is 2. The van der Waals surface area contributed by atoms with Gasteiger partial charge < -0.3 is 5.73 Å². The van der Waals surface area contributed by atoms with Crippen molar-refractivity contribution >= 4 is 22.4 Å². The summed E-state index contributed by atoms with van der Waals surface area (Å²) >= 11 is 0. The van der Waals surface area contributed by atoms with E-state index in [-0.39, 0.29) is 12.4 Å². The van der Waals surface area contributed by atoms with Crippen LogP contribution in [0.5, 0.6) is 0 Å². The van der Waals surface area contributed by atoms with E-state index in [0.29, 0.717) is 31.0 Å². The lowest BCUT2D eigenvalue weighted by atomic mass is 10.1. The van der Waals surface area contributed by atoms with Gasteiger partial charge in [-0.2, -0.15) is 4.31 Å². The summed E-state index contributed by atoms with van der Waals surface area (Å²) < 4.78 is 27.8. The summed E-state index contributed by atoms with van der Waals surface area (Å²) in [6.07, 6.45) is 3.79. The Labute approximate surface area is 156 Å². The summed E-state index contributed by atoms with van der Waals surface area (Å²) in [5, 5.41) is 0. The first-order valence-electron chi connectivity index (χ1n) is 8.47. The second-order valence-corrected chi connectivity index (χ2v) is 8.19. The van der Waals surface area contributed by atoms with Crippen LogP contribution in [-0.4, -0.2) is 25.8 Å². The smallest absolute Gasteiger partial charge is 0.243 e. The molecule has 0 fully saturated rings. The van der Waals surface area contributed by atoms with Gasteiger partial charge in [-0.3, -0.25) is 0 Å². The van der Waals surface area contributed by atoms with E-state index < -0.39 is 10.0 Å². The molecule has 25 heavy (non-hydrogen) atoms. The van der Waals surface area contributed by atoms with Crippen LogP contribution in [0.2, 0.25) is 0 Å². The molecule has 4 nitrogen and oxygen atoms in total. The number of halogens is 1. The lowest BCUT2D eigenvalue weighted by Gasteiger charge is -2.22. The highest BCUT2D eigenvalue weighted by atomic mass is 35.5. The van der Waals surface area contributed by atoms with Gasteiger partial charge in [0.1, 0.15) is 0 Å². The number of benzene rings is 2. The SMILES string of the molecule is Cl.NCCCN(Cc1ccccc1)S(=O)(=O)c1ccc2c(c1)CCC2. The lowest BCUT2D eigenvalue weighted by Crippen LogP contribution is -2.32. The van der Waals surface area contributed by atoms with Crippen LogP contribution >= 0.6 is 12.4 Å². The molecule has 6 heteroatoms. The quantitative estimate of drug-likeness (QED) is 0.802. The molecule has 3 rings (SSSR count). The van der Waals surface area contributed by atoms with Gasteiger partial charge in [0.2, 0.25) is 10.0 Å². The van der Waals surface area contributed by atoms with Gasteiger partial charge in [0, 0.05) is 13.1 Å². The fourth-order valence-corrected chi connectivity index (χ4v) is 4.71. The highest BCUT2D eigenvalue weighted by Gasteiger charge is 2.25. The zero-order chi connectivity index (χ0) is 17.0. The molecule has 1 aliphatic rings. The largest absolute Gasteiger partial charge is 0.330 e. The topological polar surface area (TPSA) is 63.4 Å². The summed E-state index contributed by atoms with van der Waals surface area (Å²) in [4.78, 5) is 0.399. The minimum absolute atomic E-state index is 0. The van der Waals surface area contributed by atoms with Crippen LogP contribution in [0.4, 0.5) is 0 Å². The molecule has 0 spiro atoms. The molecule has 0 amide bonds. The van der Waals surface area contributed by atoms with Crippen LogP contribution in [-0.2, 0) is 29.4 Å². The second kappa shape index (κ2) is 8.81. The molecule has 0 aliphatic heterocycles. The van der Waals surface area contributed by atoms with Gasteiger partial charge in [0.05, 0.1) is 4.90 Å². The maximum atomic E-state index is 13.1. The predicted molar refractivity (Wildman–Crippen MR) is 103 cm³/mol. The maximum Gasteiger partial charge on any atom is 0.243 e. The van der Waals surface area contributed by atoms with Crippen molar-refractivity contribution in [3.63, 3.8) is 0 Å². The van der Waals surface area contributed by atoms with E-state index in [1.807, 2.05) is 42.5 Å². The molecule has 0 heterocycles. The molecule has 0 atom stereocenters. The Kier molecular flexibility index (Phi) is 7.02. The Balaban J connectivity index is 0.00000225. The average Bonchev–Trinajstić information content (AvgIpc) is 3.07. The number of hydrogen-bond donors (Lipinski definition) is 1. The van der Waals surface area contributed by atoms with Gasteiger partial charge in [-0.05, 0) is 61.1 Å². The Bertz CT molecular complexity index is 794. The van der Waals surface area contributed by atoms with E-state index in [4.69, 9.17) is 5.73 Å². The first kappa shape index (κ1) is 19.9. The number of rotatable bonds is 7. The molecule has 2 N–H and O–H groups in total. The Hall–Kier alpha value is -1.40. The van der Waals surface area contributed by atoms with Crippen LogP contribution < -0.4 is 5.73 Å². The summed E-state index contributed by atoms with van der Waals surface area (Å²) in [5.41, 5.74) is 9.05. The number of fused-ring (bicyclic) bond motifs is 1. The van der Waals surface area contributed by atoms with Gasteiger partial charge in [-0.1, -0.05) is 36.4 Å². The van der Waals surface area contributed by atoms with E-state index >= 15 is 0 Å². The predicted octanol–water partition coefficient (Wildman–Crippen LogP) is 3.14. The molecule has 0 saturated heterocycles. The van der Waals surface area contributed by atoms with E-state index in [1.54, 1.807) is 10.4 Å². The molecule has 2 aromatic rings. The summed E-state index contributed by atoms with van der Waals surface area (Å²) in [6.45, 7) is 1.29. The third kappa shape index (κ3) is 4.61. The van der Waals surface area contributed by atoms with E-state index in [1.165, 1.54) is 11.1 Å². The van der Waals surface area contributed by atoms with Gasteiger partial charge in [0.15, 0.2) is 0 Å². The molecule has 0 bridgehead atoms. The highest BCUT2D eigenvalue weighted by Crippen LogP contribution is 2.27. The van der Waals surface area contributed by atoms with Crippen LogP contribution in [0.15, 0.2) is 53.4 Å². The first-order chi connectivity index (χ1) is 11.6. The Morgan fingerprint density at radius 1 is 1.00 bits per heavy atom. The molecule has 136 valence electrons. The zero-order valence-corrected chi connectivity index (χ0v) is 15.9. The van der Waals surface area contributed by atoms with Crippen LogP contribution in [0.3, 0.4) is 0 Å². The maximum absolute atomic E-state index is 13.1. The molecule has 0 unspecified atom stereocenters. The Morgan fingerprint density at radius 3 is 2.44 bits per heavy atom. The number of hydrogen-bond acceptors (Lipinski definition) is 3. The van der Waals surface area contributed by atoms with E-state index in [2.05, 4.69) is 0 Å². The van der Waals surface area contributed by atoms with Crippen molar-refractivity contribution in [1.29, 1.82) is 0 Å². The molecular formula is C19H25ClN2O2S. The molecule has 0 aromatic heterocycles. The standard InChI is InChI=1S/C19H24N2O2S.ClH/c20-12-5-13-21(15-16-6-2-1-3-7-16)24(22,23)19-11-10-17-8-4-9-18(17)14-19;/h1-3,6-7,10-11,14H,4-5,8-9,12-13,15,20H2;1H. The molecule has 1 aliphatic carbocycles. The fraction of sp³-hybridized carbons (Fsp3) is 0.368. The van der Waals surface area contributed by atoms with Crippen molar-refractivity contribution < 1.29 is 8.42 Å². The summed E-state index contributed by atoms with van der Waals surface area (Å²) in [6, 6.07) is 15.3. The van der Waals surface area contributed by atoms with Crippen molar-refractivity contribution in [1.82, 2.24) is 4.31 Å². The number of nitrogens with two attached hydrogens (primary N) is 1. The van der Waals surface area contributed by atoms with Gasteiger partial charge in [-0.25, -0.2) is 8.42 Å². The van der Waals surface area contributed by atoms with Crippen molar-refractivity contribution in [2.45, 2.75) is 37.1 Å². The average molecular weight is 381 g/mol. The summed E-state index contributed by atoms with van der Waals surface area (Å²) in [5.74, 6) is 0. The molecule has 0 radical (unpaired) electrons. The second-order valence-electron chi connectivity index (χ2n) is 6.25. The van der Waals surface area contributed by atoms with Crippen molar-refractivity contribution in [3.8, 4) is 0 Å².